The van der Waals surface area contributed by atoms with Gasteiger partial charge in [-0.25, -0.2) is 9.69 Å². The molecule has 2 amide bonds. The zero-order valence-corrected chi connectivity index (χ0v) is 14.7. The van der Waals surface area contributed by atoms with Crippen LogP contribution in [0.1, 0.15) is 17.3 Å². The molecule has 2 saturated heterocycles. The summed E-state index contributed by atoms with van der Waals surface area (Å²) >= 11 is 0. The lowest BCUT2D eigenvalue weighted by atomic mass is 9.77. The number of esters is 2. The van der Waals surface area contributed by atoms with E-state index in [1.165, 1.54) is 26.2 Å². The summed E-state index contributed by atoms with van der Waals surface area (Å²) in [6.45, 7) is 1.14. The Hall–Kier alpha value is -3.00. The molecule has 0 aliphatic carbocycles. The molecule has 3 heterocycles. The molecule has 0 unspecified atom stereocenters. The third kappa shape index (κ3) is 2.48. The number of amides is 2. The van der Waals surface area contributed by atoms with E-state index in [1.54, 1.807) is 24.3 Å². The molecular formula is C19H17NO7. The number of rotatable bonds is 4. The fourth-order valence-corrected chi connectivity index (χ4v) is 4.03. The predicted octanol–water partition coefficient (Wildman–Crippen LogP) is 0.849. The average molecular weight is 371 g/mol. The Morgan fingerprint density at radius 3 is 2.74 bits per heavy atom. The molecular weight excluding hydrogens is 354 g/mol. The van der Waals surface area contributed by atoms with E-state index in [9.17, 15) is 19.2 Å². The van der Waals surface area contributed by atoms with Gasteiger partial charge < -0.3 is 14.2 Å². The van der Waals surface area contributed by atoms with Crippen LogP contribution >= 0.6 is 0 Å². The maximum absolute atomic E-state index is 13.1. The highest BCUT2D eigenvalue weighted by Crippen LogP contribution is 2.52. The normalized spacial score (nSPS) is 30.6. The lowest BCUT2D eigenvalue weighted by Crippen LogP contribution is -2.44. The van der Waals surface area contributed by atoms with E-state index < -0.39 is 47.3 Å². The molecule has 3 aliphatic heterocycles. The fraction of sp³-hybridized carbons (Fsp3) is 0.368. The number of hydrogen-bond donors (Lipinski definition) is 0. The van der Waals surface area contributed by atoms with Crippen molar-refractivity contribution in [2.24, 2.45) is 11.8 Å². The third-order valence-corrected chi connectivity index (χ3v) is 5.18. The Labute approximate surface area is 154 Å². The zero-order chi connectivity index (χ0) is 19.3. The topological polar surface area (TPSA) is 99.2 Å². The highest BCUT2D eigenvalue weighted by Gasteiger charge is 2.68. The largest absolute Gasteiger partial charge is 0.465 e. The van der Waals surface area contributed by atoms with Crippen molar-refractivity contribution in [2.45, 2.75) is 18.6 Å². The summed E-state index contributed by atoms with van der Waals surface area (Å²) in [5.41, 5.74) is -0.605. The monoisotopic (exact) mass is 371 g/mol. The summed E-state index contributed by atoms with van der Waals surface area (Å²) in [6.07, 6.45) is 2.88. The molecule has 8 heteroatoms. The number of anilines is 1. The first kappa shape index (κ1) is 17.4. The van der Waals surface area contributed by atoms with E-state index in [0.717, 1.165) is 4.90 Å². The van der Waals surface area contributed by atoms with Gasteiger partial charge in [0.05, 0.1) is 36.3 Å². The van der Waals surface area contributed by atoms with Crippen LogP contribution in [0.5, 0.6) is 0 Å². The molecule has 4 atom stereocenters. The Morgan fingerprint density at radius 1 is 1.26 bits per heavy atom. The SMILES string of the molecule is COC(=O)c1cccc(N2C(=O)[C@@H]3[C@H]4C=C[C@@](COC(C)=O)(O4)[C@H]3C2=O)c1. The van der Waals surface area contributed by atoms with Crippen molar-refractivity contribution in [3.8, 4) is 0 Å². The van der Waals surface area contributed by atoms with Crippen molar-refractivity contribution in [2.75, 3.05) is 18.6 Å². The summed E-state index contributed by atoms with van der Waals surface area (Å²) in [4.78, 5) is 50.2. The number of fused-ring (bicyclic) bond motifs is 5. The Bertz CT molecular complexity index is 892. The zero-order valence-electron chi connectivity index (χ0n) is 14.7. The number of carbonyl (C=O) groups excluding carboxylic acids is 4. The van der Waals surface area contributed by atoms with Crippen LogP contribution in [0.25, 0.3) is 0 Å². The number of nitrogens with zero attached hydrogens (tertiary/aromatic N) is 1. The first-order chi connectivity index (χ1) is 12.9. The minimum atomic E-state index is -1.14. The summed E-state index contributed by atoms with van der Waals surface area (Å²) in [5.74, 6) is -3.35. The molecule has 0 saturated carbocycles. The Kier molecular flexibility index (Phi) is 3.88. The predicted molar refractivity (Wildman–Crippen MR) is 90.6 cm³/mol. The lowest BCUT2D eigenvalue weighted by Gasteiger charge is -2.28. The molecule has 2 bridgehead atoms. The molecule has 4 rings (SSSR count). The molecule has 0 aromatic heterocycles. The average Bonchev–Trinajstić information content (AvgIpc) is 3.30. The van der Waals surface area contributed by atoms with Crippen LogP contribution in [0.4, 0.5) is 5.69 Å². The minimum absolute atomic E-state index is 0.133. The molecule has 1 aromatic rings. The number of ether oxygens (including phenoxy) is 3. The van der Waals surface area contributed by atoms with E-state index in [1.807, 2.05) is 0 Å². The fourth-order valence-electron chi connectivity index (χ4n) is 4.03. The number of methoxy groups -OCH3 is 1. The molecule has 140 valence electrons. The Balaban J connectivity index is 1.68. The quantitative estimate of drug-likeness (QED) is 0.439. The maximum atomic E-state index is 13.1. The lowest BCUT2D eigenvalue weighted by molar-refractivity contribution is -0.150. The van der Waals surface area contributed by atoms with Crippen LogP contribution in [0.15, 0.2) is 36.4 Å². The van der Waals surface area contributed by atoms with Gasteiger partial charge in [0.15, 0.2) is 0 Å². The van der Waals surface area contributed by atoms with Gasteiger partial charge in [0.2, 0.25) is 11.8 Å². The number of hydrogen-bond acceptors (Lipinski definition) is 7. The van der Waals surface area contributed by atoms with E-state index in [2.05, 4.69) is 0 Å². The van der Waals surface area contributed by atoms with Gasteiger partial charge in [0.25, 0.3) is 0 Å². The van der Waals surface area contributed by atoms with Crippen LogP contribution in [0.2, 0.25) is 0 Å². The second kappa shape index (κ2) is 6.02. The Morgan fingerprint density at radius 2 is 2.04 bits per heavy atom. The summed E-state index contributed by atoms with van der Waals surface area (Å²) in [5, 5.41) is 0. The van der Waals surface area contributed by atoms with E-state index in [0.29, 0.717) is 5.69 Å². The molecule has 27 heavy (non-hydrogen) atoms. The smallest absolute Gasteiger partial charge is 0.337 e. The number of benzene rings is 1. The molecule has 0 N–H and O–H groups in total. The standard InChI is InChI=1S/C19H17NO7/c1-10(21)26-9-19-7-6-13(27-19)14-15(19)17(23)20(16(14)22)12-5-3-4-11(8-12)18(24)25-2/h3-8,13-15H,9H2,1-2H3/t13-,14-,15-,19+/m1/s1. The molecule has 2 fully saturated rings. The molecule has 0 radical (unpaired) electrons. The van der Waals surface area contributed by atoms with Crippen LogP contribution in [-0.2, 0) is 28.6 Å². The summed E-state index contributed by atoms with van der Waals surface area (Å²) in [6, 6.07) is 6.14. The van der Waals surface area contributed by atoms with Gasteiger partial charge in [0.1, 0.15) is 12.2 Å². The minimum Gasteiger partial charge on any atom is -0.465 e. The van der Waals surface area contributed by atoms with Gasteiger partial charge in [-0.15, -0.1) is 0 Å². The van der Waals surface area contributed by atoms with Crippen molar-refractivity contribution in [3.63, 3.8) is 0 Å². The molecule has 0 spiro atoms. The van der Waals surface area contributed by atoms with E-state index >= 15 is 0 Å². The second-order valence-corrected chi connectivity index (χ2v) is 6.73. The summed E-state index contributed by atoms with van der Waals surface area (Å²) < 4.78 is 15.6. The van der Waals surface area contributed by atoms with Gasteiger partial charge in [0, 0.05) is 6.92 Å². The van der Waals surface area contributed by atoms with Crippen molar-refractivity contribution in [1.82, 2.24) is 0 Å². The van der Waals surface area contributed by atoms with Crippen LogP contribution in [0.3, 0.4) is 0 Å². The maximum Gasteiger partial charge on any atom is 0.337 e. The van der Waals surface area contributed by atoms with Crippen molar-refractivity contribution >= 4 is 29.4 Å². The first-order valence-corrected chi connectivity index (χ1v) is 8.45. The van der Waals surface area contributed by atoms with Crippen LogP contribution in [0, 0.1) is 11.8 Å². The van der Waals surface area contributed by atoms with Crippen molar-refractivity contribution in [1.29, 1.82) is 0 Å². The highest BCUT2D eigenvalue weighted by atomic mass is 16.6. The highest BCUT2D eigenvalue weighted by molar-refractivity contribution is 6.23. The van der Waals surface area contributed by atoms with Gasteiger partial charge in [-0.05, 0) is 24.3 Å². The second-order valence-electron chi connectivity index (χ2n) is 6.73. The first-order valence-electron chi connectivity index (χ1n) is 8.45. The van der Waals surface area contributed by atoms with E-state index in [4.69, 9.17) is 14.2 Å². The van der Waals surface area contributed by atoms with Crippen LogP contribution in [-0.4, -0.2) is 49.2 Å². The van der Waals surface area contributed by atoms with Crippen molar-refractivity contribution in [3.05, 3.63) is 42.0 Å². The van der Waals surface area contributed by atoms with Gasteiger partial charge in [-0.1, -0.05) is 12.1 Å². The van der Waals surface area contributed by atoms with Crippen molar-refractivity contribution < 1.29 is 33.4 Å². The molecule has 1 aromatic carbocycles. The number of imide groups is 1. The van der Waals surface area contributed by atoms with Gasteiger partial charge >= 0.3 is 11.9 Å². The molecule has 3 aliphatic rings. The molecule has 8 nitrogen and oxygen atoms in total. The van der Waals surface area contributed by atoms with E-state index in [-0.39, 0.29) is 12.2 Å². The summed E-state index contributed by atoms with van der Waals surface area (Å²) in [7, 11) is 1.25. The van der Waals surface area contributed by atoms with Crippen LogP contribution < -0.4 is 4.90 Å². The van der Waals surface area contributed by atoms with Gasteiger partial charge in [-0.2, -0.15) is 0 Å². The third-order valence-electron chi connectivity index (χ3n) is 5.18. The van der Waals surface area contributed by atoms with Gasteiger partial charge in [-0.3, -0.25) is 14.4 Å². The number of carbonyl (C=O) groups is 4.